The molecule has 0 spiro atoms. The predicted octanol–water partition coefficient (Wildman–Crippen LogP) is 4.78. The van der Waals surface area contributed by atoms with Gasteiger partial charge in [0.15, 0.2) is 5.82 Å². The number of thiocarbonyl (C=S) groups is 1. The van der Waals surface area contributed by atoms with Crippen molar-refractivity contribution in [3.63, 3.8) is 0 Å². The molecule has 2 aromatic carbocycles. The third-order valence-corrected chi connectivity index (χ3v) is 10.3. The maximum Gasteiger partial charge on any atom is 0.243 e. The molecule has 4 aromatic rings. The minimum atomic E-state index is -3.66. The van der Waals surface area contributed by atoms with Gasteiger partial charge in [0.25, 0.3) is 0 Å². The Bertz CT molecular complexity index is 1730. The van der Waals surface area contributed by atoms with Gasteiger partial charge in [-0.1, -0.05) is 48.1 Å². The summed E-state index contributed by atoms with van der Waals surface area (Å²) < 4.78 is 43.3. The van der Waals surface area contributed by atoms with Crippen molar-refractivity contribution in [2.75, 3.05) is 40.0 Å². The summed E-state index contributed by atoms with van der Waals surface area (Å²) in [5, 5.41) is 9.24. The summed E-state index contributed by atoms with van der Waals surface area (Å²) in [7, 11) is -1.99. The molecule has 2 aliphatic heterocycles. The molecule has 222 valence electrons. The molecule has 12 heteroatoms. The number of hydrogen-bond donors (Lipinski definition) is 1. The molecule has 0 saturated carbocycles. The Hall–Kier alpha value is -2.80. The topological polar surface area (TPSA) is 90.1 Å². The van der Waals surface area contributed by atoms with Crippen LogP contribution in [-0.2, 0) is 32.5 Å². The molecule has 2 aromatic heterocycles. The number of benzene rings is 2. The molecule has 1 N–H and O–H groups in total. The standard InChI is InChI=1S/C30H34ClN5O4S2/c1-20(19-39-2)32-29(41)27-26(21-9-11-23(31)12-10-21)25-8-3-4-13-35-28(33-36(27)30(25)35)22-6-5-7-24(18-22)42(37,38)34-14-16-40-17-15-34/h5-7,9-12,18,20H,3-4,8,13-17,19H2,1-2H3,(H,32,41). The van der Waals surface area contributed by atoms with Gasteiger partial charge in [-0.3, -0.25) is 0 Å². The quantitative estimate of drug-likeness (QED) is 0.281. The number of sulfonamides is 1. The zero-order chi connectivity index (χ0) is 29.4. The lowest BCUT2D eigenvalue weighted by molar-refractivity contribution is 0.0730. The van der Waals surface area contributed by atoms with Crippen LogP contribution in [0.15, 0.2) is 53.4 Å². The van der Waals surface area contributed by atoms with Gasteiger partial charge >= 0.3 is 0 Å². The summed E-state index contributed by atoms with van der Waals surface area (Å²) in [6, 6.07) is 14.9. The summed E-state index contributed by atoms with van der Waals surface area (Å²) in [4.78, 5) is 0.829. The van der Waals surface area contributed by atoms with E-state index in [-0.39, 0.29) is 10.9 Å². The first-order valence-electron chi connectivity index (χ1n) is 14.2. The van der Waals surface area contributed by atoms with Crippen molar-refractivity contribution in [3.8, 4) is 22.5 Å². The van der Waals surface area contributed by atoms with E-state index in [1.165, 1.54) is 9.87 Å². The zero-order valence-electron chi connectivity index (χ0n) is 23.7. The summed E-state index contributed by atoms with van der Waals surface area (Å²) >= 11 is 12.3. The maximum atomic E-state index is 13.5. The van der Waals surface area contributed by atoms with Crippen LogP contribution in [0.3, 0.4) is 0 Å². The molecule has 0 radical (unpaired) electrons. The van der Waals surface area contributed by atoms with Gasteiger partial charge in [0.1, 0.15) is 16.3 Å². The number of aryl methyl sites for hydroxylation is 2. The van der Waals surface area contributed by atoms with Crippen LogP contribution in [0, 0.1) is 0 Å². The molecule has 9 nitrogen and oxygen atoms in total. The molecule has 1 atom stereocenters. The lowest BCUT2D eigenvalue weighted by atomic mass is 9.98. The van der Waals surface area contributed by atoms with Gasteiger partial charge in [-0.2, -0.15) is 4.31 Å². The molecule has 2 aliphatic rings. The number of nitrogens with one attached hydrogen (secondary N) is 1. The van der Waals surface area contributed by atoms with Crippen LogP contribution in [0.5, 0.6) is 0 Å². The van der Waals surface area contributed by atoms with E-state index in [0.29, 0.717) is 48.7 Å². The Kier molecular flexibility index (Phi) is 8.41. The number of hydrogen-bond acceptors (Lipinski definition) is 6. The smallest absolute Gasteiger partial charge is 0.243 e. The summed E-state index contributed by atoms with van der Waals surface area (Å²) in [5.41, 5.74) is 5.76. The van der Waals surface area contributed by atoms with Crippen molar-refractivity contribution in [3.05, 3.63) is 64.8 Å². The van der Waals surface area contributed by atoms with E-state index in [9.17, 15) is 8.42 Å². The fourth-order valence-corrected chi connectivity index (χ4v) is 7.87. The first-order chi connectivity index (χ1) is 20.3. The van der Waals surface area contributed by atoms with Crippen molar-refractivity contribution in [1.82, 2.24) is 23.8 Å². The van der Waals surface area contributed by atoms with Crippen LogP contribution in [0.1, 0.15) is 31.0 Å². The Morgan fingerprint density at radius 2 is 1.88 bits per heavy atom. The van der Waals surface area contributed by atoms with Gasteiger partial charge in [0.05, 0.1) is 24.7 Å². The molecule has 0 aliphatic carbocycles. The van der Waals surface area contributed by atoms with Gasteiger partial charge in [0, 0.05) is 54.5 Å². The van der Waals surface area contributed by atoms with E-state index in [1.807, 2.05) is 41.8 Å². The minimum absolute atomic E-state index is 0.00824. The Morgan fingerprint density at radius 3 is 2.62 bits per heavy atom. The number of methoxy groups -OCH3 is 1. The van der Waals surface area contributed by atoms with E-state index in [4.69, 9.17) is 38.4 Å². The maximum absolute atomic E-state index is 13.5. The van der Waals surface area contributed by atoms with E-state index < -0.39 is 10.0 Å². The van der Waals surface area contributed by atoms with Crippen molar-refractivity contribution in [2.24, 2.45) is 0 Å². The zero-order valence-corrected chi connectivity index (χ0v) is 26.1. The average Bonchev–Trinajstić information content (AvgIpc) is 3.41. The van der Waals surface area contributed by atoms with E-state index in [2.05, 4.69) is 9.88 Å². The highest BCUT2D eigenvalue weighted by molar-refractivity contribution is 7.89. The monoisotopic (exact) mass is 627 g/mol. The van der Waals surface area contributed by atoms with Crippen LogP contribution in [0.2, 0.25) is 5.02 Å². The van der Waals surface area contributed by atoms with Gasteiger partial charge in [-0.15, -0.1) is 5.10 Å². The molecule has 0 amide bonds. The molecule has 6 rings (SSSR count). The highest BCUT2D eigenvalue weighted by Crippen LogP contribution is 2.39. The van der Waals surface area contributed by atoms with Crippen molar-refractivity contribution in [2.45, 2.75) is 43.7 Å². The van der Waals surface area contributed by atoms with Crippen LogP contribution in [-0.4, -0.2) is 78.0 Å². The van der Waals surface area contributed by atoms with E-state index in [0.717, 1.165) is 53.8 Å². The minimum Gasteiger partial charge on any atom is -0.383 e. The first kappa shape index (κ1) is 29.3. The third kappa shape index (κ3) is 5.38. The molecule has 1 unspecified atom stereocenters. The normalized spacial score (nSPS) is 16.8. The Labute approximate surface area is 256 Å². The van der Waals surface area contributed by atoms with Crippen LogP contribution in [0.4, 0.5) is 0 Å². The first-order valence-corrected chi connectivity index (χ1v) is 16.4. The van der Waals surface area contributed by atoms with Gasteiger partial charge in [0.2, 0.25) is 10.0 Å². The molecule has 1 saturated heterocycles. The summed E-state index contributed by atoms with van der Waals surface area (Å²) in [5.74, 6) is 0.712. The van der Waals surface area contributed by atoms with Crippen molar-refractivity contribution in [1.29, 1.82) is 0 Å². The largest absolute Gasteiger partial charge is 0.383 e. The third-order valence-electron chi connectivity index (χ3n) is 7.83. The van der Waals surface area contributed by atoms with Gasteiger partial charge in [-0.05, 0) is 56.0 Å². The van der Waals surface area contributed by atoms with Crippen molar-refractivity contribution >= 4 is 44.5 Å². The molecule has 4 heterocycles. The number of halogens is 1. The fourth-order valence-electron chi connectivity index (χ4n) is 5.90. The van der Waals surface area contributed by atoms with Crippen LogP contribution >= 0.6 is 23.8 Å². The molecule has 0 bridgehead atoms. The number of aromatic nitrogens is 3. The number of nitrogens with zero attached hydrogens (tertiary/aromatic N) is 4. The molecular weight excluding hydrogens is 594 g/mol. The van der Waals surface area contributed by atoms with Crippen LogP contribution in [0.25, 0.3) is 28.2 Å². The molecule has 42 heavy (non-hydrogen) atoms. The van der Waals surface area contributed by atoms with E-state index >= 15 is 0 Å². The Balaban J connectivity index is 1.53. The van der Waals surface area contributed by atoms with Crippen LogP contribution < -0.4 is 5.32 Å². The lowest BCUT2D eigenvalue weighted by Crippen LogP contribution is -2.40. The summed E-state index contributed by atoms with van der Waals surface area (Å²) in [6.45, 7) is 4.77. The Morgan fingerprint density at radius 1 is 1.12 bits per heavy atom. The number of morpholine rings is 1. The summed E-state index contributed by atoms with van der Waals surface area (Å²) in [6.07, 6.45) is 2.85. The molecule has 1 fully saturated rings. The second kappa shape index (κ2) is 12.1. The van der Waals surface area contributed by atoms with Crippen molar-refractivity contribution < 1.29 is 17.9 Å². The van der Waals surface area contributed by atoms with E-state index in [1.54, 1.807) is 25.3 Å². The highest BCUT2D eigenvalue weighted by Gasteiger charge is 2.31. The average molecular weight is 628 g/mol. The predicted molar refractivity (Wildman–Crippen MR) is 168 cm³/mol. The fraction of sp³-hybridized carbons (Fsp3) is 0.400. The molecular formula is C30H34ClN5O4S2. The lowest BCUT2D eigenvalue weighted by Gasteiger charge is -2.26. The second-order valence-corrected chi connectivity index (χ2v) is 13.5. The highest BCUT2D eigenvalue weighted by atomic mass is 35.5. The second-order valence-electron chi connectivity index (χ2n) is 10.8. The number of ether oxygens (including phenoxy) is 2. The number of rotatable bonds is 8. The van der Waals surface area contributed by atoms with Gasteiger partial charge < -0.3 is 19.4 Å². The SMILES string of the molecule is COCC(C)NC(=S)c1c(-c2ccc(Cl)cc2)c2c3n(c(-c4cccc(S(=O)(=O)N5CCOCC5)c4)nn13)CCCC2. The van der Waals surface area contributed by atoms with Gasteiger partial charge in [-0.25, -0.2) is 12.9 Å².